The Hall–Kier alpha value is 0.110. The van der Waals surface area contributed by atoms with Crippen LogP contribution >= 0.6 is 35.0 Å². The fourth-order valence-corrected chi connectivity index (χ4v) is 2.06. The van der Waals surface area contributed by atoms with Gasteiger partial charge in [-0.05, 0) is 24.5 Å². The summed E-state index contributed by atoms with van der Waals surface area (Å²) in [6.45, 7) is 0. The van der Waals surface area contributed by atoms with Gasteiger partial charge >= 0.3 is 0 Å². The first-order valence-electron chi connectivity index (χ1n) is 4.27. The van der Waals surface area contributed by atoms with Gasteiger partial charge < -0.3 is 5.11 Å². The van der Waals surface area contributed by atoms with Crippen LogP contribution in [-0.4, -0.2) is 17.1 Å². The maximum absolute atomic E-state index is 9.80. The average molecular weight is 251 g/mol. The third-order valence-corrected chi connectivity index (χ3v) is 3.41. The quantitative estimate of drug-likeness (QED) is 0.878. The predicted molar refractivity (Wildman–Crippen MR) is 64.4 cm³/mol. The van der Waals surface area contributed by atoms with Crippen molar-refractivity contribution in [3.05, 3.63) is 33.8 Å². The fourth-order valence-electron chi connectivity index (χ4n) is 1.16. The van der Waals surface area contributed by atoms with E-state index in [2.05, 4.69) is 0 Å². The molecule has 0 saturated carbocycles. The van der Waals surface area contributed by atoms with Crippen LogP contribution in [0.1, 0.15) is 18.1 Å². The fraction of sp³-hybridized carbons (Fsp3) is 0.400. The van der Waals surface area contributed by atoms with Crippen molar-refractivity contribution in [1.29, 1.82) is 0 Å². The Morgan fingerprint density at radius 1 is 1.43 bits per heavy atom. The summed E-state index contributed by atoms with van der Waals surface area (Å²) in [6.07, 6.45) is 2.18. The lowest BCUT2D eigenvalue weighted by Crippen LogP contribution is -1.99. The highest BCUT2D eigenvalue weighted by Gasteiger charge is 2.12. The number of aliphatic hydroxyl groups is 1. The minimum atomic E-state index is -0.520. The zero-order valence-electron chi connectivity index (χ0n) is 7.84. The van der Waals surface area contributed by atoms with Gasteiger partial charge in [-0.3, -0.25) is 0 Å². The Bertz CT molecular complexity index is 304. The van der Waals surface area contributed by atoms with Crippen molar-refractivity contribution in [2.24, 2.45) is 0 Å². The SMILES string of the molecule is CSCCC(O)c1cccc(Cl)c1Cl. The maximum atomic E-state index is 9.80. The highest BCUT2D eigenvalue weighted by Crippen LogP contribution is 2.31. The van der Waals surface area contributed by atoms with Gasteiger partial charge in [-0.1, -0.05) is 35.3 Å². The second-order valence-electron chi connectivity index (χ2n) is 2.94. The molecule has 1 N–H and O–H groups in total. The van der Waals surface area contributed by atoms with Gasteiger partial charge in [0, 0.05) is 5.56 Å². The molecule has 0 saturated heterocycles. The van der Waals surface area contributed by atoms with Crippen LogP contribution in [0.3, 0.4) is 0 Å². The number of hydrogen-bond donors (Lipinski definition) is 1. The minimum absolute atomic E-state index is 0.461. The molecular weight excluding hydrogens is 239 g/mol. The van der Waals surface area contributed by atoms with E-state index in [0.717, 1.165) is 5.75 Å². The molecule has 0 fully saturated rings. The molecule has 0 spiro atoms. The van der Waals surface area contributed by atoms with Crippen molar-refractivity contribution in [1.82, 2.24) is 0 Å². The Morgan fingerprint density at radius 3 is 2.79 bits per heavy atom. The smallest absolute Gasteiger partial charge is 0.0812 e. The number of benzene rings is 1. The first kappa shape index (κ1) is 12.2. The number of halogens is 2. The molecule has 78 valence electrons. The van der Waals surface area contributed by atoms with Crippen LogP contribution in [0.2, 0.25) is 10.0 Å². The third-order valence-electron chi connectivity index (χ3n) is 1.94. The summed E-state index contributed by atoms with van der Waals surface area (Å²) in [5.74, 6) is 0.907. The molecule has 14 heavy (non-hydrogen) atoms. The molecular formula is C10H12Cl2OS. The van der Waals surface area contributed by atoms with Gasteiger partial charge in [0.15, 0.2) is 0 Å². The van der Waals surface area contributed by atoms with E-state index < -0.39 is 6.10 Å². The molecule has 1 rings (SSSR count). The lowest BCUT2D eigenvalue weighted by molar-refractivity contribution is 0.175. The van der Waals surface area contributed by atoms with Gasteiger partial charge in [-0.15, -0.1) is 0 Å². The van der Waals surface area contributed by atoms with E-state index in [1.165, 1.54) is 0 Å². The summed E-state index contributed by atoms with van der Waals surface area (Å²) < 4.78 is 0. The second kappa shape index (κ2) is 5.86. The molecule has 0 radical (unpaired) electrons. The zero-order valence-corrected chi connectivity index (χ0v) is 10.2. The molecule has 4 heteroatoms. The van der Waals surface area contributed by atoms with E-state index in [1.54, 1.807) is 30.0 Å². The zero-order chi connectivity index (χ0) is 10.6. The van der Waals surface area contributed by atoms with E-state index in [-0.39, 0.29) is 0 Å². The molecule has 0 aromatic heterocycles. The van der Waals surface area contributed by atoms with Crippen molar-refractivity contribution in [3.8, 4) is 0 Å². The van der Waals surface area contributed by atoms with Crippen LogP contribution in [0.15, 0.2) is 18.2 Å². The Morgan fingerprint density at radius 2 is 2.14 bits per heavy atom. The monoisotopic (exact) mass is 250 g/mol. The lowest BCUT2D eigenvalue weighted by atomic mass is 10.1. The highest BCUT2D eigenvalue weighted by atomic mass is 35.5. The molecule has 0 aliphatic rings. The van der Waals surface area contributed by atoms with E-state index >= 15 is 0 Å². The first-order valence-corrected chi connectivity index (χ1v) is 6.42. The standard InChI is InChI=1S/C10H12Cl2OS/c1-14-6-5-9(13)7-3-2-4-8(11)10(7)12/h2-4,9,13H,5-6H2,1H3. The van der Waals surface area contributed by atoms with Crippen molar-refractivity contribution in [3.63, 3.8) is 0 Å². The molecule has 0 amide bonds. The van der Waals surface area contributed by atoms with Crippen LogP contribution in [0.4, 0.5) is 0 Å². The average Bonchev–Trinajstić information content (AvgIpc) is 2.18. The van der Waals surface area contributed by atoms with Gasteiger partial charge in [0.25, 0.3) is 0 Å². The Balaban J connectivity index is 2.79. The summed E-state index contributed by atoms with van der Waals surface area (Å²) in [5.41, 5.74) is 0.716. The van der Waals surface area contributed by atoms with Crippen LogP contribution in [0, 0.1) is 0 Å². The second-order valence-corrected chi connectivity index (χ2v) is 4.71. The van der Waals surface area contributed by atoms with E-state index in [4.69, 9.17) is 23.2 Å². The van der Waals surface area contributed by atoms with Crippen LogP contribution in [0.25, 0.3) is 0 Å². The summed E-state index contributed by atoms with van der Waals surface area (Å²) in [6, 6.07) is 5.32. The van der Waals surface area contributed by atoms with Crippen LogP contribution in [0.5, 0.6) is 0 Å². The lowest BCUT2D eigenvalue weighted by Gasteiger charge is -2.12. The number of rotatable bonds is 4. The minimum Gasteiger partial charge on any atom is -0.388 e. The molecule has 1 nitrogen and oxygen atoms in total. The summed E-state index contributed by atoms with van der Waals surface area (Å²) >= 11 is 13.5. The van der Waals surface area contributed by atoms with E-state index in [9.17, 15) is 5.11 Å². The molecule has 1 unspecified atom stereocenters. The van der Waals surface area contributed by atoms with Gasteiger partial charge in [0.2, 0.25) is 0 Å². The van der Waals surface area contributed by atoms with Crippen LogP contribution < -0.4 is 0 Å². The first-order chi connectivity index (χ1) is 6.66. The normalized spacial score (nSPS) is 12.9. The van der Waals surface area contributed by atoms with Gasteiger partial charge in [0.05, 0.1) is 16.1 Å². The number of aliphatic hydroxyl groups excluding tert-OH is 1. The predicted octanol–water partition coefficient (Wildman–Crippen LogP) is 3.78. The molecule has 1 aromatic rings. The molecule has 1 aromatic carbocycles. The maximum Gasteiger partial charge on any atom is 0.0812 e. The van der Waals surface area contributed by atoms with Gasteiger partial charge in [-0.2, -0.15) is 11.8 Å². The Kier molecular flexibility index (Phi) is 5.10. The topological polar surface area (TPSA) is 20.2 Å². The largest absolute Gasteiger partial charge is 0.388 e. The van der Waals surface area contributed by atoms with Crippen molar-refractivity contribution in [2.45, 2.75) is 12.5 Å². The molecule has 0 bridgehead atoms. The van der Waals surface area contributed by atoms with Crippen LogP contribution in [-0.2, 0) is 0 Å². The molecule has 1 atom stereocenters. The van der Waals surface area contributed by atoms with Crippen molar-refractivity contribution in [2.75, 3.05) is 12.0 Å². The Labute approximate surface area is 98.4 Å². The summed E-state index contributed by atoms with van der Waals surface area (Å²) in [7, 11) is 0. The van der Waals surface area contributed by atoms with Crippen molar-refractivity contribution < 1.29 is 5.11 Å². The number of thioether (sulfide) groups is 1. The molecule has 0 aliphatic heterocycles. The van der Waals surface area contributed by atoms with Crippen molar-refractivity contribution >= 4 is 35.0 Å². The van der Waals surface area contributed by atoms with Gasteiger partial charge in [0.1, 0.15) is 0 Å². The highest BCUT2D eigenvalue weighted by molar-refractivity contribution is 7.98. The van der Waals surface area contributed by atoms with E-state index in [1.807, 2.05) is 6.26 Å². The summed E-state index contributed by atoms with van der Waals surface area (Å²) in [4.78, 5) is 0. The van der Waals surface area contributed by atoms with E-state index in [0.29, 0.717) is 22.0 Å². The molecule has 0 heterocycles. The summed E-state index contributed by atoms with van der Waals surface area (Å²) in [5, 5.41) is 10.8. The molecule has 0 aliphatic carbocycles. The third kappa shape index (κ3) is 3.06. The van der Waals surface area contributed by atoms with Gasteiger partial charge in [-0.25, -0.2) is 0 Å². The number of hydrogen-bond acceptors (Lipinski definition) is 2.